The number of amides is 1. The van der Waals surface area contributed by atoms with Crippen LogP contribution in [0.2, 0.25) is 0 Å². The van der Waals surface area contributed by atoms with E-state index in [-0.39, 0.29) is 12.1 Å². The van der Waals surface area contributed by atoms with E-state index in [1.165, 1.54) is 37.0 Å². The molecule has 3 N–H and O–H groups in total. The highest BCUT2D eigenvalue weighted by molar-refractivity contribution is 7.13. The summed E-state index contributed by atoms with van der Waals surface area (Å²) in [6.07, 6.45) is 5.66. The number of piperidine rings is 1. The van der Waals surface area contributed by atoms with Gasteiger partial charge in [-0.15, -0.1) is 11.3 Å². The number of hydrogen-bond acceptors (Lipinski definition) is 6. The highest BCUT2D eigenvalue weighted by atomic mass is 32.1. The van der Waals surface area contributed by atoms with Gasteiger partial charge in [-0.2, -0.15) is 0 Å². The zero-order valence-electron chi connectivity index (χ0n) is 12.8. The standard InChI is InChI=1S/C15H24N4O2S/c16-14(21)11-10-22-15(17-11)19-8-5-12(13(20)9-19)18-6-3-1-2-4-7-18/h10,12-13,20H,1-9H2,(H2,16,21)/t12-,13-/m1/s1. The number of carbonyl (C=O) groups excluding carboxylic acids is 1. The van der Waals surface area contributed by atoms with Crippen LogP contribution in [0.15, 0.2) is 5.38 Å². The zero-order valence-corrected chi connectivity index (χ0v) is 13.6. The minimum atomic E-state index is -0.498. The number of hydrogen-bond donors (Lipinski definition) is 2. The fourth-order valence-corrected chi connectivity index (χ4v) is 4.32. The van der Waals surface area contributed by atoms with Gasteiger partial charge in [0.2, 0.25) is 0 Å². The third-order valence-corrected chi connectivity index (χ3v) is 5.57. The van der Waals surface area contributed by atoms with E-state index in [1.54, 1.807) is 5.38 Å². The average Bonchev–Trinajstić information content (AvgIpc) is 2.85. The van der Waals surface area contributed by atoms with Gasteiger partial charge in [-0.3, -0.25) is 9.69 Å². The van der Waals surface area contributed by atoms with Gasteiger partial charge < -0.3 is 15.7 Å². The van der Waals surface area contributed by atoms with Gasteiger partial charge in [0.1, 0.15) is 5.69 Å². The molecule has 3 heterocycles. The largest absolute Gasteiger partial charge is 0.390 e. The van der Waals surface area contributed by atoms with E-state index in [4.69, 9.17) is 5.73 Å². The number of aliphatic hydroxyl groups excluding tert-OH is 1. The van der Waals surface area contributed by atoms with Crippen LogP contribution in [-0.2, 0) is 0 Å². The summed E-state index contributed by atoms with van der Waals surface area (Å²) in [5.74, 6) is -0.498. The molecule has 0 radical (unpaired) electrons. The highest BCUT2D eigenvalue weighted by Gasteiger charge is 2.33. The van der Waals surface area contributed by atoms with Gasteiger partial charge in [0, 0.05) is 24.5 Å². The molecule has 1 aromatic heterocycles. The Kier molecular flexibility index (Phi) is 4.95. The lowest BCUT2D eigenvalue weighted by Gasteiger charge is -2.41. The summed E-state index contributed by atoms with van der Waals surface area (Å²) in [4.78, 5) is 19.9. The fraction of sp³-hybridized carbons (Fsp3) is 0.733. The van der Waals surface area contributed by atoms with Crippen molar-refractivity contribution in [2.24, 2.45) is 5.73 Å². The molecule has 0 aromatic carbocycles. The van der Waals surface area contributed by atoms with E-state index in [9.17, 15) is 9.90 Å². The maximum Gasteiger partial charge on any atom is 0.268 e. The van der Waals surface area contributed by atoms with E-state index in [1.807, 2.05) is 0 Å². The van der Waals surface area contributed by atoms with Crippen molar-refractivity contribution in [2.45, 2.75) is 44.2 Å². The van der Waals surface area contributed by atoms with Gasteiger partial charge in [-0.05, 0) is 32.4 Å². The number of rotatable bonds is 3. The summed E-state index contributed by atoms with van der Waals surface area (Å²) in [5.41, 5.74) is 5.56. The summed E-state index contributed by atoms with van der Waals surface area (Å²) in [6.45, 7) is 3.65. The van der Waals surface area contributed by atoms with Crippen molar-refractivity contribution in [3.63, 3.8) is 0 Å². The van der Waals surface area contributed by atoms with Gasteiger partial charge in [-0.1, -0.05) is 12.8 Å². The number of carbonyl (C=O) groups is 1. The lowest BCUT2D eigenvalue weighted by molar-refractivity contribution is 0.0385. The van der Waals surface area contributed by atoms with Crippen molar-refractivity contribution in [1.29, 1.82) is 0 Å². The Morgan fingerprint density at radius 2 is 2.00 bits per heavy atom. The molecule has 0 bridgehead atoms. The number of nitrogens with zero attached hydrogens (tertiary/aromatic N) is 3. The molecule has 0 aliphatic carbocycles. The molecule has 2 aliphatic heterocycles. The Morgan fingerprint density at radius 3 is 2.59 bits per heavy atom. The second-order valence-electron chi connectivity index (χ2n) is 6.20. The summed E-state index contributed by atoms with van der Waals surface area (Å²) in [7, 11) is 0. The van der Waals surface area contributed by atoms with Crippen molar-refractivity contribution in [3.8, 4) is 0 Å². The number of primary amides is 1. The minimum Gasteiger partial charge on any atom is -0.390 e. The quantitative estimate of drug-likeness (QED) is 0.869. The third kappa shape index (κ3) is 3.42. The molecule has 2 atom stereocenters. The molecular formula is C15H24N4O2S. The first kappa shape index (κ1) is 15.7. The molecule has 1 aromatic rings. The van der Waals surface area contributed by atoms with Crippen LogP contribution in [0.3, 0.4) is 0 Å². The molecule has 2 fully saturated rings. The van der Waals surface area contributed by atoms with Crippen LogP contribution in [0.5, 0.6) is 0 Å². The van der Waals surface area contributed by atoms with Crippen LogP contribution < -0.4 is 10.6 Å². The molecular weight excluding hydrogens is 300 g/mol. The molecule has 122 valence electrons. The van der Waals surface area contributed by atoms with Gasteiger partial charge in [0.05, 0.1) is 6.10 Å². The summed E-state index contributed by atoms with van der Waals surface area (Å²) >= 11 is 1.42. The molecule has 2 aliphatic rings. The molecule has 2 saturated heterocycles. The molecule has 0 spiro atoms. The van der Waals surface area contributed by atoms with Crippen molar-refractivity contribution in [3.05, 3.63) is 11.1 Å². The monoisotopic (exact) mass is 324 g/mol. The Labute approximate surface area is 134 Å². The van der Waals surface area contributed by atoms with Crippen LogP contribution >= 0.6 is 11.3 Å². The van der Waals surface area contributed by atoms with Crippen LogP contribution in [-0.4, -0.2) is 59.2 Å². The zero-order chi connectivity index (χ0) is 15.5. The number of likely N-dealkylation sites (tertiary alicyclic amines) is 1. The molecule has 3 rings (SSSR count). The lowest BCUT2D eigenvalue weighted by Crippen LogP contribution is -2.54. The van der Waals surface area contributed by atoms with Crippen LogP contribution in [0, 0.1) is 0 Å². The third-order valence-electron chi connectivity index (χ3n) is 4.67. The van der Waals surface area contributed by atoms with E-state index < -0.39 is 5.91 Å². The highest BCUT2D eigenvalue weighted by Crippen LogP contribution is 2.27. The Morgan fingerprint density at radius 1 is 1.27 bits per heavy atom. The minimum absolute atomic E-state index is 0.255. The molecule has 1 amide bonds. The summed E-state index contributed by atoms with van der Waals surface area (Å²) in [6, 6.07) is 0.255. The first-order valence-electron chi connectivity index (χ1n) is 8.07. The van der Waals surface area contributed by atoms with Gasteiger partial charge in [0.15, 0.2) is 5.13 Å². The smallest absolute Gasteiger partial charge is 0.268 e. The topological polar surface area (TPSA) is 82.7 Å². The Bertz CT molecular complexity index is 513. The second-order valence-corrected chi connectivity index (χ2v) is 7.04. The number of β-amino-alcohol motifs (C(OH)–C–C–N with tert-alkyl or cyclic N) is 1. The molecule has 22 heavy (non-hydrogen) atoms. The van der Waals surface area contributed by atoms with Crippen LogP contribution in [0.1, 0.15) is 42.6 Å². The predicted molar refractivity (Wildman–Crippen MR) is 87.3 cm³/mol. The number of thiazole rings is 1. The summed E-state index contributed by atoms with van der Waals surface area (Å²) < 4.78 is 0. The summed E-state index contributed by atoms with van der Waals surface area (Å²) in [5, 5.41) is 13.0. The normalized spacial score (nSPS) is 27.6. The molecule has 0 saturated carbocycles. The van der Waals surface area contributed by atoms with E-state index >= 15 is 0 Å². The fourth-order valence-electron chi connectivity index (χ4n) is 3.47. The van der Waals surface area contributed by atoms with Gasteiger partial charge >= 0.3 is 0 Å². The SMILES string of the molecule is NC(=O)c1csc(N2CC[C@@H](N3CCCCCC3)[C@H](O)C2)n1. The number of anilines is 1. The van der Waals surface area contributed by atoms with Crippen molar-refractivity contribution < 1.29 is 9.90 Å². The maximum absolute atomic E-state index is 11.1. The Balaban J connectivity index is 1.62. The van der Waals surface area contributed by atoms with E-state index in [2.05, 4.69) is 14.8 Å². The van der Waals surface area contributed by atoms with Crippen molar-refractivity contribution in [2.75, 3.05) is 31.1 Å². The first-order chi connectivity index (χ1) is 10.6. The number of nitrogens with two attached hydrogens (primary N) is 1. The first-order valence-corrected chi connectivity index (χ1v) is 8.95. The van der Waals surface area contributed by atoms with Crippen molar-refractivity contribution >= 4 is 22.4 Å². The predicted octanol–water partition coefficient (Wildman–Crippen LogP) is 1.06. The molecule has 0 unspecified atom stereocenters. The van der Waals surface area contributed by atoms with Gasteiger partial charge in [0.25, 0.3) is 5.91 Å². The lowest BCUT2D eigenvalue weighted by atomic mass is 10.00. The van der Waals surface area contributed by atoms with E-state index in [0.717, 1.165) is 31.2 Å². The number of aromatic nitrogens is 1. The van der Waals surface area contributed by atoms with Crippen LogP contribution in [0.4, 0.5) is 5.13 Å². The van der Waals surface area contributed by atoms with Gasteiger partial charge in [-0.25, -0.2) is 4.98 Å². The Hall–Kier alpha value is -1.18. The average molecular weight is 324 g/mol. The molecule has 7 heteroatoms. The van der Waals surface area contributed by atoms with Crippen molar-refractivity contribution in [1.82, 2.24) is 9.88 Å². The second kappa shape index (κ2) is 6.93. The van der Waals surface area contributed by atoms with E-state index in [0.29, 0.717) is 12.2 Å². The number of aliphatic hydroxyl groups is 1. The maximum atomic E-state index is 11.1. The molecule has 6 nitrogen and oxygen atoms in total. The van der Waals surface area contributed by atoms with Crippen LogP contribution in [0.25, 0.3) is 0 Å².